The summed E-state index contributed by atoms with van der Waals surface area (Å²) < 4.78 is 37.4. The maximum Gasteiger partial charge on any atom is 0.339 e. The van der Waals surface area contributed by atoms with Gasteiger partial charge in [-0.1, -0.05) is 12.1 Å². The Bertz CT molecular complexity index is 943. The van der Waals surface area contributed by atoms with Crippen LogP contribution in [0.1, 0.15) is 31.1 Å². The molecule has 0 aromatic heterocycles. The smallest absolute Gasteiger partial charge is 0.339 e. The van der Waals surface area contributed by atoms with Crippen LogP contribution in [0.3, 0.4) is 0 Å². The number of anilines is 1. The molecule has 0 atom stereocenters. The van der Waals surface area contributed by atoms with Crippen molar-refractivity contribution in [3.8, 4) is 5.75 Å². The van der Waals surface area contributed by atoms with E-state index in [9.17, 15) is 18.0 Å². The number of hydrogen-bond donors (Lipinski definition) is 1. The van der Waals surface area contributed by atoms with Gasteiger partial charge in [0.25, 0.3) is 10.0 Å². The topological polar surface area (TPSA) is 98.8 Å². The van der Waals surface area contributed by atoms with Crippen molar-refractivity contribution in [2.45, 2.75) is 25.7 Å². The normalized spacial score (nSPS) is 11.6. The second-order valence-electron chi connectivity index (χ2n) is 6.75. The molecule has 0 aliphatic heterocycles. The largest absolute Gasteiger partial charge is 0.465 e. The lowest BCUT2D eigenvalue weighted by Crippen LogP contribution is -2.25. The molecule has 0 saturated carbocycles. The van der Waals surface area contributed by atoms with E-state index in [1.165, 1.54) is 43.5 Å². The highest BCUT2D eigenvalue weighted by atomic mass is 32.2. The highest BCUT2D eigenvalue weighted by Gasteiger charge is 2.24. The van der Waals surface area contributed by atoms with Gasteiger partial charge in [-0.25, -0.2) is 13.2 Å². The lowest BCUT2D eigenvalue weighted by molar-refractivity contribution is -0.143. The molecule has 0 aliphatic rings. The van der Waals surface area contributed by atoms with Gasteiger partial charge >= 0.3 is 11.9 Å². The standard InChI is InChI=1S/C19H21NO6S/c1-19(2,3)18(22)26-13-9-11-14(12-10-13)27(23,24)20-16-8-6-5-7-15(16)17(21)25-4/h5-12,20H,1-4H3. The van der Waals surface area contributed by atoms with Crippen LogP contribution in [0.5, 0.6) is 5.75 Å². The van der Waals surface area contributed by atoms with Crippen LogP contribution in [0.2, 0.25) is 0 Å². The molecular weight excluding hydrogens is 370 g/mol. The second kappa shape index (κ2) is 7.79. The van der Waals surface area contributed by atoms with Crippen molar-refractivity contribution >= 4 is 27.6 Å². The molecule has 2 aromatic rings. The Morgan fingerprint density at radius 1 is 0.963 bits per heavy atom. The van der Waals surface area contributed by atoms with Crippen LogP contribution >= 0.6 is 0 Å². The molecule has 0 spiro atoms. The molecule has 8 heteroatoms. The summed E-state index contributed by atoms with van der Waals surface area (Å²) in [6.07, 6.45) is 0. The molecule has 2 rings (SSSR count). The van der Waals surface area contributed by atoms with Gasteiger partial charge in [-0.05, 0) is 57.2 Å². The number of methoxy groups -OCH3 is 1. The summed E-state index contributed by atoms with van der Waals surface area (Å²) in [6, 6.07) is 11.5. The van der Waals surface area contributed by atoms with E-state index >= 15 is 0 Å². The predicted octanol–water partition coefficient (Wildman–Crippen LogP) is 3.23. The molecule has 144 valence electrons. The number of carbonyl (C=O) groups is 2. The third-order valence-electron chi connectivity index (χ3n) is 3.53. The van der Waals surface area contributed by atoms with Crippen LogP contribution in [0, 0.1) is 5.41 Å². The first-order valence-electron chi connectivity index (χ1n) is 8.07. The quantitative estimate of drug-likeness (QED) is 0.621. The highest BCUT2D eigenvalue weighted by molar-refractivity contribution is 7.92. The van der Waals surface area contributed by atoms with Crippen LogP contribution < -0.4 is 9.46 Å². The Morgan fingerprint density at radius 3 is 2.11 bits per heavy atom. The number of nitrogens with one attached hydrogen (secondary N) is 1. The van der Waals surface area contributed by atoms with Crippen molar-refractivity contribution < 1.29 is 27.5 Å². The molecule has 0 heterocycles. The highest BCUT2D eigenvalue weighted by Crippen LogP contribution is 2.24. The summed E-state index contributed by atoms with van der Waals surface area (Å²) in [5.74, 6) is -0.843. The van der Waals surface area contributed by atoms with E-state index in [4.69, 9.17) is 4.74 Å². The van der Waals surface area contributed by atoms with Gasteiger partial charge in [0, 0.05) is 0 Å². The fraction of sp³-hybridized carbons (Fsp3) is 0.263. The van der Waals surface area contributed by atoms with Crippen LogP contribution in [0.4, 0.5) is 5.69 Å². The third-order valence-corrected chi connectivity index (χ3v) is 4.92. The van der Waals surface area contributed by atoms with E-state index in [0.29, 0.717) is 0 Å². The fourth-order valence-corrected chi connectivity index (χ4v) is 3.09. The molecule has 0 amide bonds. The van der Waals surface area contributed by atoms with E-state index in [1.54, 1.807) is 32.9 Å². The fourth-order valence-electron chi connectivity index (χ4n) is 2.01. The monoisotopic (exact) mass is 391 g/mol. The van der Waals surface area contributed by atoms with Gasteiger partial charge in [0.1, 0.15) is 5.75 Å². The molecule has 0 fully saturated rings. The number of hydrogen-bond acceptors (Lipinski definition) is 6. The van der Waals surface area contributed by atoms with E-state index in [-0.39, 0.29) is 21.9 Å². The third kappa shape index (κ3) is 5.07. The summed E-state index contributed by atoms with van der Waals surface area (Å²) in [4.78, 5) is 23.6. The summed E-state index contributed by atoms with van der Waals surface area (Å²) in [6.45, 7) is 5.16. The minimum Gasteiger partial charge on any atom is -0.465 e. The molecule has 0 aliphatic carbocycles. The Hall–Kier alpha value is -2.87. The van der Waals surface area contributed by atoms with Crippen molar-refractivity contribution in [2.75, 3.05) is 11.8 Å². The van der Waals surface area contributed by atoms with Gasteiger partial charge in [0.15, 0.2) is 0 Å². The summed E-state index contributed by atoms with van der Waals surface area (Å²) in [5.41, 5.74) is -0.476. The maximum absolute atomic E-state index is 12.6. The van der Waals surface area contributed by atoms with Crippen LogP contribution in [-0.4, -0.2) is 27.5 Å². The number of para-hydroxylation sites is 1. The first-order valence-corrected chi connectivity index (χ1v) is 9.55. The van der Waals surface area contributed by atoms with Gasteiger partial charge in [-0.3, -0.25) is 9.52 Å². The van der Waals surface area contributed by atoms with Crippen molar-refractivity contribution in [3.05, 3.63) is 54.1 Å². The van der Waals surface area contributed by atoms with Crippen LogP contribution in [0.25, 0.3) is 0 Å². The van der Waals surface area contributed by atoms with Crippen molar-refractivity contribution in [1.82, 2.24) is 0 Å². The minimum atomic E-state index is -3.95. The van der Waals surface area contributed by atoms with Crippen LogP contribution in [-0.2, 0) is 19.6 Å². The SMILES string of the molecule is COC(=O)c1ccccc1NS(=O)(=O)c1ccc(OC(=O)C(C)(C)C)cc1. The molecule has 27 heavy (non-hydrogen) atoms. The van der Waals surface area contributed by atoms with Gasteiger partial charge in [-0.2, -0.15) is 0 Å². The average Bonchev–Trinajstić information content (AvgIpc) is 2.61. The van der Waals surface area contributed by atoms with Crippen molar-refractivity contribution in [3.63, 3.8) is 0 Å². The minimum absolute atomic E-state index is 0.0438. The van der Waals surface area contributed by atoms with Gasteiger partial charge in [0.2, 0.25) is 0 Å². The first kappa shape index (κ1) is 20.4. The van der Waals surface area contributed by atoms with E-state index in [2.05, 4.69) is 9.46 Å². The zero-order valence-electron chi connectivity index (χ0n) is 15.5. The van der Waals surface area contributed by atoms with E-state index in [0.717, 1.165) is 0 Å². The molecule has 7 nitrogen and oxygen atoms in total. The lowest BCUT2D eigenvalue weighted by atomic mass is 9.97. The molecule has 0 unspecified atom stereocenters. The molecular formula is C19H21NO6S. The van der Waals surface area contributed by atoms with E-state index < -0.39 is 27.4 Å². The summed E-state index contributed by atoms with van der Waals surface area (Å²) in [5, 5.41) is 0. The second-order valence-corrected chi connectivity index (χ2v) is 8.44. The Morgan fingerprint density at radius 2 is 1.56 bits per heavy atom. The van der Waals surface area contributed by atoms with Gasteiger partial charge in [-0.15, -0.1) is 0 Å². The average molecular weight is 391 g/mol. The maximum atomic E-state index is 12.6. The summed E-state index contributed by atoms with van der Waals surface area (Å²) >= 11 is 0. The van der Waals surface area contributed by atoms with Crippen molar-refractivity contribution in [2.24, 2.45) is 5.41 Å². The first-order chi connectivity index (χ1) is 12.5. The zero-order valence-corrected chi connectivity index (χ0v) is 16.3. The van der Waals surface area contributed by atoms with Gasteiger partial charge < -0.3 is 9.47 Å². The molecule has 0 radical (unpaired) electrons. The molecule has 0 saturated heterocycles. The Balaban J connectivity index is 2.23. The number of benzene rings is 2. The van der Waals surface area contributed by atoms with Crippen molar-refractivity contribution in [1.29, 1.82) is 0 Å². The Labute approximate surface area is 158 Å². The number of rotatable bonds is 5. The lowest BCUT2D eigenvalue weighted by Gasteiger charge is -2.16. The number of ether oxygens (including phenoxy) is 2. The number of carbonyl (C=O) groups excluding carboxylic acids is 2. The zero-order chi connectivity index (χ0) is 20.2. The predicted molar refractivity (Wildman–Crippen MR) is 100 cm³/mol. The number of sulfonamides is 1. The Kier molecular flexibility index (Phi) is 5.90. The van der Waals surface area contributed by atoms with Crippen LogP contribution in [0.15, 0.2) is 53.4 Å². The van der Waals surface area contributed by atoms with Gasteiger partial charge in [0.05, 0.1) is 28.7 Å². The summed E-state index contributed by atoms with van der Waals surface area (Å²) in [7, 11) is -2.74. The number of esters is 2. The molecule has 0 bridgehead atoms. The van der Waals surface area contributed by atoms with E-state index in [1.807, 2.05) is 0 Å². The molecule has 1 N–H and O–H groups in total. The molecule has 2 aromatic carbocycles.